The smallest absolute Gasteiger partial charge is 0.321 e. The molecule has 0 fully saturated rings. The highest BCUT2D eigenvalue weighted by Crippen LogP contribution is 2.27. The Hall–Kier alpha value is -3.72. The van der Waals surface area contributed by atoms with Gasteiger partial charge < -0.3 is 14.8 Å². The SMILES string of the molecule is C[C@@H](c1cn(Cc2ncn[nH]2)c(=O)c2ccccc12)N(C)C(=O)Nc1ccc(F)c(Cl)c1. The zero-order valence-electron chi connectivity index (χ0n) is 17.3. The average Bonchev–Trinajstić information content (AvgIpc) is 3.30. The van der Waals surface area contributed by atoms with Gasteiger partial charge in [-0.3, -0.25) is 9.89 Å². The van der Waals surface area contributed by atoms with Crippen LogP contribution in [0.15, 0.2) is 59.8 Å². The van der Waals surface area contributed by atoms with Gasteiger partial charge in [-0.25, -0.2) is 14.2 Å². The Morgan fingerprint density at radius 1 is 1.28 bits per heavy atom. The van der Waals surface area contributed by atoms with E-state index in [4.69, 9.17) is 11.6 Å². The number of hydrogen-bond acceptors (Lipinski definition) is 4. The Morgan fingerprint density at radius 3 is 2.72 bits per heavy atom. The molecule has 10 heteroatoms. The molecule has 0 unspecified atom stereocenters. The molecule has 0 spiro atoms. The summed E-state index contributed by atoms with van der Waals surface area (Å²) < 4.78 is 14.9. The number of amides is 2. The third-order valence-electron chi connectivity index (χ3n) is 5.33. The van der Waals surface area contributed by atoms with Crippen LogP contribution in [0.2, 0.25) is 5.02 Å². The van der Waals surface area contributed by atoms with E-state index in [0.29, 0.717) is 16.9 Å². The van der Waals surface area contributed by atoms with Crippen molar-refractivity contribution >= 4 is 34.1 Å². The number of anilines is 1. The average molecular weight is 455 g/mol. The Kier molecular flexibility index (Phi) is 5.91. The summed E-state index contributed by atoms with van der Waals surface area (Å²) >= 11 is 5.81. The molecule has 4 aromatic rings. The lowest BCUT2D eigenvalue weighted by molar-refractivity contribution is 0.208. The van der Waals surface area contributed by atoms with Crippen LogP contribution in [0, 0.1) is 5.82 Å². The van der Waals surface area contributed by atoms with Gasteiger partial charge in [0, 0.05) is 24.3 Å². The summed E-state index contributed by atoms with van der Waals surface area (Å²) in [5.41, 5.74) is 0.996. The lowest BCUT2D eigenvalue weighted by atomic mass is 10.0. The summed E-state index contributed by atoms with van der Waals surface area (Å²) in [6.45, 7) is 2.08. The number of rotatable bonds is 5. The molecule has 0 radical (unpaired) electrons. The molecule has 0 aliphatic carbocycles. The van der Waals surface area contributed by atoms with E-state index < -0.39 is 17.9 Å². The van der Waals surface area contributed by atoms with Crippen molar-refractivity contribution in [2.45, 2.75) is 19.5 Å². The standard InChI is InChI=1S/C22H20ClFN6O2/c1-13(29(2)22(32)27-14-7-8-19(24)18(23)9-14)17-10-30(11-20-25-12-26-28-20)21(31)16-6-4-3-5-15(16)17/h3-10,12-13H,11H2,1-2H3,(H,27,32)(H,25,26,28)/t13-/m0/s1. The number of aromatic nitrogens is 4. The van der Waals surface area contributed by atoms with Crippen LogP contribution in [-0.4, -0.2) is 37.7 Å². The summed E-state index contributed by atoms with van der Waals surface area (Å²) in [6.07, 6.45) is 3.11. The molecular weight excluding hydrogens is 435 g/mol. The van der Waals surface area contributed by atoms with E-state index in [1.54, 1.807) is 29.9 Å². The topological polar surface area (TPSA) is 95.9 Å². The lowest BCUT2D eigenvalue weighted by Gasteiger charge is -2.27. The van der Waals surface area contributed by atoms with Crippen LogP contribution in [-0.2, 0) is 6.54 Å². The van der Waals surface area contributed by atoms with Gasteiger partial charge in [0.1, 0.15) is 18.0 Å². The first-order valence-electron chi connectivity index (χ1n) is 9.80. The highest BCUT2D eigenvalue weighted by atomic mass is 35.5. The quantitative estimate of drug-likeness (QED) is 0.472. The normalized spacial score (nSPS) is 12.0. The van der Waals surface area contributed by atoms with Gasteiger partial charge in [0.25, 0.3) is 5.56 Å². The first-order valence-corrected chi connectivity index (χ1v) is 10.2. The maximum atomic E-state index is 13.4. The molecule has 2 aromatic heterocycles. The minimum absolute atomic E-state index is 0.0796. The number of urea groups is 1. The van der Waals surface area contributed by atoms with E-state index in [1.165, 1.54) is 29.4 Å². The maximum absolute atomic E-state index is 13.4. The van der Waals surface area contributed by atoms with Gasteiger partial charge in [0.05, 0.1) is 17.6 Å². The van der Waals surface area contributed by atoms with Crippen LogP contribution >= 0.6 is 11.6 Å². The summed E-state index contributed by atoms with van der Waals surface area (Å²) in [4.78, 5) is 31.4. The molecule has 8 nitrogen and oxygen atoms in total. The number of benzene rings is 2. The molecule has 32 heavy (non-hydrogen) atoms. The van der Waals surface area contributed by atoms with E-state index in [1.807, 2.05) is 19.1 Å². The molecule has 164 valence electrons. The van der Waals surface area contributed by atoms with Crippen LogP contribution < -0.4 is 10.9 Å². The van der Waals surface area contributed by atoms with Crippen molar-refractivity contribution in [3.05, 3.63) is 87.6 Å². The Balaban J connectivity index is 1.67. The van der Waals surface area contributed by atoms with Crippen LogP contribution in [0.1, 0.15) is 24.4 Å². The predicted octanol–water partition coefficient (Wildman–Crippen LogP) is 4.19. The molecule has 0 bridgehead atoms. The number of nitrogens with one attached hydrogen (secondary N) is 2. The van der Waals surface area contributed by atoms with Gasteiger partial charge in [-0.05, 0) is 42.1 Å². The fourth-order valence-electron chi connectivity index (χ4n) is 3.46. The molecule has 0 saturated heterocycles. The zero-order chi connectivity index (χ0) is 22.8. The highest BCUT2D eigenvalue weighted by Gasteiger charge is 2.22. The van der Waals surface area contributed by atoms with Gasteiger partial charge in [-0.1, -0.05) is 29.8 Å². The number of fused-ring (bicyclic) bond motifs is 1. The largest absolute Gasteiger partial charge is 0.322 e. The summed E-state index contributed by atoms with van der Waals surface area (Å²) in [6, 6.07) is 10.4. The number of hydrogen-bond donors (Lipinski definition) is 2. The summed E-state index contributed by atoms with van der Waals surface area (Å²) in [5, 5.41) is 10.5. The zero-order valence-corrected chi connectivity index (χ0v) is 18.1. The van der Waals surface area contributed by atoms with Gasteiger partial charge in [-0.15, -0.1) is 0 Å². The van der Waals surface area contributed by atoms with Crippen molar-refractivity contribution in [2.75, 3.05) is 12.4 Å². The fourth-order valence-corrected chi connectivity index (χ4v) is 3.64. The molecule has 0 aliphatic heterocycles. The fraction of sp³-hybridized carbons (Fsp3) is 0.182. The number of carbonyl (C=O) groups is 1. The molecule has 2 aromatic carbocycles. The number of nitrogens with zero attached hydrogens (tertiary/aromatic N) is 4. The molecule has 2 amide bonds. The maximum Gasteiger partial charge on any atom is 0.322 e. The van der Waals surface area contributed by atoms with Crippen LogP contribution in [0.5, 0.6) is 0 Å². The van der Waals surface area contributed by atoms with Crippen molar-refractivity contribution in [1.82, 2.24) is 24.6 Å². The van der Waals surface area contributed by atoms with Crippen LogP contribution in [0.25, 0.3) is 10.8 Å². The van der Waals surface area contributed by atoms with Crippen LogP contribution in [0.4, 0.5) is 14.9 Å². The second kappa shape index (κ2) is 8.80. The van der Waals surface area contributed by atoms with Gasteiger partial charge in [0.15, 0.2) is 0 Å². The van der Waals surface area contributed by atoms with Crippen molar-refractivity contribution in [3.63, 3.8) is 0 Å². The molecule has 1 atom stereocenters. The summed E-state index contributed by atoms with van der Waals surface area (Å²) in [5.74, 6) is -0.0212. The predicted molar refractivity (Wildman–Crippen MR) is 120 cm³/mol. The van der Waals surface area contributed by atoms with E-state index in [-0.39, 0.29) is 17.1 Å². The van der Waals surface area contributed by atoms with E-state index in [2.05, 4.69) is 20.5 Å². The van der Waals surface area contributed by atoms with E-state index in [0.717, 1.165) is 10.9 Å². The molecule has 2 N–H and O–H groups in total. The molecule has 4 rings (SSSR count). The molecule has 0 saturated carbocycles. The van der Waals surface area contributed by atoms with Crippen molar-refractivity contribution in [3.8, 4) is 0 Å². The molecule has 2 heterocycles. The highest BCUT2D eigenvalue weighted by molar-refractivity contribution is 6.31. The number of H-pyrrole nitrogens is 1. The number of carbonyl (C=O) groups excluding carboxylic acids is 1. The lowest BCUT2D eigenvalue weighted by Crippen LogP contribution is -2.34. The van der Waals surface area contributed by atoms with Crippen LogP contribution in [0.3, 0.4) is 0 Å². The van der Waals surface area contributed by atoms with Gasteiger partial charge in [0.2, 0.25) is 0 Å². The number of aromatic amines is 1. The third-order valence-corrected chi connectivity index (χ3v) is 5.62. The number of halogens is 2. The second-order valence-electron chi connectivity index (χ2n) is 7.34. The van der Waals surface area contributed by atoms with Crippen molar-refractivity contribution < 1.29 is 9.18 Å². The summed E-state index contributed by atoms with van der Waals surface area (Å²) in [7, 11) is 1.64. The molecular formula is C22H20ClFN6O2. The minimum Gasteiger partial charge on any atom is -0.321 e. The number of pyridine rings is 1. The second-order valence-corrected chi connectivity index (χ2v) is 7.75. The third kappa shape index (κ3) is 4.19. The Bertz CT molecular complexity index is 1340. The van der Waals surface area contributed by atoms with Crippen molar-refractivity contribution in [2.24, 2.45) is 0 Å². The monoisotopic (exact) mass is 454 g/mol. The van der Waals surface area contributed by atoms with E-state index >= 15 is 0 Å². The molecule has 0 aliphatic rings. The van der Waals surface area contributed by atoms with E-state index in [9.17, 15) is 14.0 Å². The first kappa shape index (κ1) is 21.5. The Labute approximate surface area is 187 Å². The van der Waals surface area contributed by atoms with Gasteiger partial charge >= 0.3 is 6.03 Å². The Morgan fingerprint density at radius 2 is 2.03 bits per heavy atom. The first-order chi connectivity index (χ1) is 15.3. The van der Waals surface area contributed by atoms with Crippen molar-refractivity contribution in [1.29, 1.82) is 0 Å². The minimum atomic E-state index is -0.563. The van der Waals surface area contributed by atoms with Gasteiger partial charge in [-0.2, -0.15) is 5.10 Å².